The van der Waals surface area contributed by atoms with Crippen molar-refractivity contribution >= 4 is 58.7 Å². The Balaban J connectivity index is 1.87. The monoisotopic (exact) mass is 596 g/mol. The van der Waals surface area contributed by atoms with E-state index in [2.05, 4.69) is 34.4 Å². The summed E-state index contributed by atoms with van der Waals surface area (Å²) in [5.74, 6) is -2.52. The Bertz CT molecular complexity index is 1390. The second-order valence-electron chi connectivity index (χ2n) is 8.60. The van der Waals surface area contributed by atoms with Gasteiger partial charge in [-0.1, -0.05) is 25.3 Å². The van der Waals surface area contributed by atoms with E-state index in [4.69, 9.17) is 18.9 Å². The molecule has 0 bridgehead atoms. The van der Waals surface area contributed by atoms with Crippen LogP contribution in [0, 0.1) is 13.8 Å². The number of hydrogen-bond donors (Lipinski definition) is 4. The molecule has 0 spiro atoms. The summed E-state index contributed by atoms with van der Waals surface area (Å²) in [6.07, 6.45) is -0.146. The topological polar surface area (TPSA) is 187 Å². The molecular weight excluding hydrogens is 564 g/mol. The fourth-order valence-electron chi connectivity index (χ4n) is 3.19. The van der Waals surface area contributed by atoms with Crippen molar-refractivity contribution in [2.24, 2.45) is 0 Å². The van der Waals surface area contributed by atoms with Crippen molar-refractivity contribution in [1.82, 2.24) is 0 Å². The summed E-state index contributed by atoms with van der Waals surface area (Å²) in [6.45, 7) is 9.34. The van der Waals surface area contributed by atoms with Gasteiger partial charge < -0.3 is 29.6 Å². The maximum Gasteiger partial charge on any atom is 0.411 e. The van der Waals surface area contributed by atoms with Gasteiger partial charge in [0.2, 0.25) is 11.8 Å². The number of aryl methyl sites for hydroxylation is 2. The van der Waals surface area contributed by atoms with Gasteiger partial charge in [-0.2, -0.15) is 0 Å². The first-order valence-corrected chi connectivity index (χ1v) is 12.8. The lowest BCUT2D eigenvalue weighted by atomic mass is 10.1. The molecule has 228 valence electrons. The standard InChI is InChI=1S/C29H32N4O10/c1-5-26(36)40-11-13-42-28(38)31-21-10-8-18(3)22(16-21)32-25(35)17-24(34)30-20-9-7-19(4)23(15-20)33-29(39)43-14-12-41-27(37)6-2/h5-10,15-16H,1-2,11-14,17H2,3-4H3,(H,30,34)(H,31,38)(H,32,35)(H,33,39). The molecule has 14 nitrogen and oxygen atoms in total. The molecule has 4 N–H and O–H groups in total. The Labute approximate surface area is 247 Å². The van der Waals surface area contributed by atoms with Crippen LogP contribution in [0.15, 0.2) is 61.7 Å². The van der Waals surface area contributed by atoms with E-state index in [-0.39, 0.29) is 26.4 Å². The first kappa shape index (κ1) is 33.5. The minimum Gasteiger partial charge on any atom is -0.459 e. The highest BCUT2D eigenvalue weighted by molar-refractivity contribution is 6.08. The Morgan fingerprint density at radius 1 is 0.605 bits per heavy atom. The highest BCUT2D eigenvalue weighted by atomic mass is 16.6. The van der Waals surface area contributed by atoms with Crippen LogP contribution in [-0.2, 0) is 38.1 Å². The molecular formula is C29H32N4O10. The molecule has 0 aliphatic heterocycles. The zero-order valence-electron chi connectivity index (χ0n) is 23.7. The van der Waals surface area contributed by atoms with E-state index in [1.165, 1.54) is 12.1 Å². The van der Waals surface area contributed by atoms with Crippen LogP contribution in [0.2, 0.25) is 0 Å². The maximum absolute atomic E-state index is 12.6. The molecule has 0 aromatic heterocycles. The Morgan fingerprint density at radius 3 is 1.53 bits per heavy atom. The van der Waals surface area contributed by atoms with Gasteiger partial charge in [0.1, 0.15) is 32.8 Å². The van der Waals surface area contributed by atoms with Crippen LogP contribution in [-0.4, -0.2) is 62.4 Å². The quantitative estimate of drug-likeness (QED) is 0.0821. The molecule has 0 saturated heterocycles. The van der Waals surface area contributed by atoms with E-state index < -0.39 is 42.4 Å². The summed E-state index contributed by atoms with van der Waals surface area (Å²) in [7, 11) is 0. The average molecular weight is 597 g/mol. The number of rotatable bonds is 14. The third-order valence-electron chi connectivity index (χ3n) is 5.29. The van der Waals surface area contributed by atoms with Gasteiger partial charge in [0.25, 0.3) is 0 Å². The Kier molecular flexibility index (Phi) is 13.4. The van der Waals surface area contributed by atoms with Gasteiger partial charge in [-0.05, 0) is 49.2 Å². The van der Waals surface area contributed by atoms with Crippen LogP contribution in [0.4, 0.5) is 32.3 Å². The summed E-state index contributed by atoms with van der Waals surface area (Å²) < 4.78 is 19.3. The molecule has 14 heteroatoms. The fourth-order valence-corrected chi connectivity index (χ4v) is 3.19. The number of hydrogen-bond acceptors (Lipinski definition) is 10. The molecule has 0 heterocycles. The molecule has 0 saturated carbocycles. The molecule has 0 radical (unpaired) electrons. The van der Waals surface area contributed by atoms with Crippen LogP contribution in [0.3, 0.4) is 0 Å². The predicted octanol–water partition coefficient (Wildman–Crippen LogP) is 3.83. The second kappa shape index (κ2) is 17.2. The molecule has 4 amide bonds. The fraction of sp³-hybridized carbons (Fsp3) is 0.241. The third kappa shape index (κ3) is 12.6. The normalized spacial score (nSPS) is 9.91. The van der Waals surface area contributed by atoms with Crippen molar-refractivity contribution in [3.63, 3.8) is 0 Å². The highest BCUT2D eigenvalue weighted by Gasteiger charge is 2.14. The van der Waals surface area contributed by atoms with Crippen molar-refractivity contribution in [2.75, 3.05) is 47.7 Å². The molecule has 2 aromatic carbocycles. The number of esters is 2. The molecule has 43 heavy (non-hydrogen) atoms. The average Bonchev–Trinajstić information content (AvgIpc) is 2.96. The number of ether oxygens (including phenoxy) is 4. The van der Waals surface area contributed by atoms with Crippen molar-refractivity contribution in [3.8, 4) is 0 Å². The van der Waals surface area contributed by atoms with E-state index in [9.17, 15) is 28.8 Å². The van der Waals surface area contributed by atoms with Crippen LogP contribution >= 0.6 is 0 Å². The number of amides is 4. The van der Waals surface area contributed by atoms with Gasteiger partial charge in [0.05, 0.1) is 0 Å². The smallest absolute Gasteiger partial charge is 0.411 e. The van der Waals surface area contributed by atoms with Crippen LogP contribution < -0.4 is 21.3 Å². The molecule has 0 aliphatic rings. The van der Waals surface area contributed by atoms with Gasteiger partial charge in [-0.25, -0.2) is 19.2 Å². The predicted molar refractivity (Wildman–Crippen MR) is 156 cm³/mol. The van der Waals surface area contributed by atoms with Gasteiger partial charge in [0, 0.05) is 34.9 Å². The summed E-state index contributed by atoms with van der Waals surface area (Å²) in [4.78, 5) is 71.1. The van der Waals surface area contributed by atoms with E-state index in [0.717, 1.165) is 12.2 Å². The summed E-state index contributed by atoms with van der Waals surface area (Å²) in [5.41, 5.74) is 2.69. The summed E-state index contributed by atoms with van der Waals surface area (Å²) in [6, 6.07) is 9.47. The van der Waals surface area contributed by atoms with Gasteiger partial charge >= 0.3 is 24.1 Å². The maximum atomic E-state index is 12.6. The minimum absolute atomic E-state index is 0.140. The Morgan fingerprint density at radius 2 is 1.02 bits per heavy atom. The van der Waals surface area contributed by atoms with Crippen molar-refractivity contribution < 1.29 is 47.7 Å². The summed E-state index contributed by atoms with van der Waals surface area (Å²) >= 11 is 0. The molecule has 0 fully saturated rings. The van der Waals surface area contributed by atoms with E-state index in [0.29, 0.717) is 33.9 Å². The van der Waals surface area contributed by atoms with Gasteiger partial charge in [0.15, 0.2) is 0 Å². The number of nitrogens with one attached hydrogen (secondary N) is 4. The number of carbonyl (C=O) groups excluding carboxylic acids is 6. The molecule has 0 unspecified atom stereocenters. The van der Waals surface area contributed by atoms with E-state index >= 15 is 0 Å². The largest absolute Gasteiger partial charge is 0.459 e. The molecule has 0 atom stereocenters. The highest BCUT2D eigenvalue weighted by Crippen LogP contribution is 2.22. The third-order valence-corrected chi connectivity index (χ3v) is 5.29. The lowest BCUT2D eigenvalue weighted by Crippen LogP contribution is -2.22. The zero-order chi connectivity index (χ0) is 31.8. The molecule has 0 aliphatic carbocycles. The van der Waals surface area contributed by atoms with E-state index in [1.807, 2.05) is 0 Å². The van der Waals surface area contributed by atoms with E-state index in [1.54, 1.807) is 38.1 Å². The SMILES string of the molecule is C=CC(=O)OCCOC(=O)Nc1ccc(C)c(NC(=O)CC(=O)Nc2ccc(C)c(NC(=O)OCCOC(=O)C=C)c2)c1. The number of carbonyl (C=O) groups is 6. The first-order valence-electron chi connectivity index (χ1n) is 12.8. The zero-order valence-corrected chi connectivity index (χ0v) is 23.7. The van der Waals surface area contributed by atoms with Crippen molar-refractivity contribution in [3.05, 3.63) is 72.8 Å². The lowest BCUT2D eigenvalue weighted by Gasteiger charge is -2.13. The first-order chi connectivity index (χ1) is 20.5. The summed E-state index contributed by atoms with van der Waals surface area (Å²) in [5, 5.41) is 10.2. The van der Waals surface area contributed by atoms with Crippen LogP contribution in [0.25, 0.3) is 0 Å². The van der Waals surface area contributed by atoms with Crippen molar-refractivity contribution in [1.29, 1.82) is 0 Å². The van der Waals surface area contributed by atoms with Crippen LogP contribution in [0.1, 0.15) is 17.5 Å². The second-order valence-corrected chi connectivity index (χ2v) is 8.60. The van der Waals surface area contributed by atoms with Gasteiger partial charge in [-0.15, -0.1) is 0 Å². The molecule has 2 aromatic rings. The molecule has 2 rings (SSSR count). The van der Waals surface area contributed by atoms with Crippen molar-refractivity contribution in [2.45, 2.75) is 20.3 Å². The lowest BCUT2D eigenvalue weighted by molar-refractivity contribution is -0.139. The number of anilines is 4. The Hall–Kier alpha value is -5.66. The minimum atomic E-state index is -0.801. The van der Waals surface area contributed by atoms with Gasteiger partial charge in [-0.3, -0.25) is 20.2 Å². The van der Waals surface area contributed by atoms with Crippen LogP contribution in [0.5, 0.6) is 0 Å². The number of benzene rings is 2.